The van der Waals surface area contributed by atoms with E-state index in [0.717, 1.165) is 0 Å². The molecule has 0 aromatic heterocycles. The highest BCUT2D eigenvalue weighted by Crippen LogP contribution is 2.20. The average molecular weight is 263 g/mol. The molecular formula is C15H15F2NO. The smallest absolute Gasteiger partial charge is 0.127 e. The molecule has 0 amide bonds. The number of phenols is 1. The second-order valence-electron chi connectivity index (χ2n) is 4.40. The van der Waals surface area contributed by atoms with E-state index in [4.69, 9.17) is 0 Å². The van der Waals surface area contributed by atoms with E-state index in [1.54, 1.807) is 18.2 Å². The van der Waals surface area contributed by atoms with Crippen molar-refractivity contribution in [2.45, 2.75) is 19.5 Å². The minimum absolute atomic E-state index is 0.0228. The molecule has 0 bridgehead atoms. The minimum Gasteiger partial charge on any atom is -0.508 e. The van der Waals surface area contributed by atoms with E-state index in [0.29, 0.717) is 11.1 Å². The van der Waals surface area contributed by atoms with Crippen molar-refractivity contribution in [1.82, 2.24) is 5.32 Å². The fourth-order valence-corrected chi connectivity index (χ4v) is 1.89. The number of hydrogen-bond acceptors (Lipinski definition) is 2. The van der Waals surface area contributed by atoms with Crippen LogP contribution in [0.5, 0.6) is 5.75 Å². The molecule has 0 spiro atoms. The Hall–Kier alpha value is -1.94. The van der Waals surface area contributed by atoms with E-state index in [1.165, 1.54) is 24.3 Å². The van der Waals surface area contributed by atoms with Crippen molar-refractivity contribution in [2.24, 2.45) is 0 Å². The Bertz CT molecular complexity index is 572. The third-order valence-corrected chi connectivity index (χ3v) is 3.01. The maximum absolute atomic E-state index is 13.6. The zero-order valence-corrected chi connectivity index (χ0v) is 10.5. The van der Waals surface area contributed by atoms with Crippen molar-refractivity contribution < 1.29 is 13.9 Å². The first-order valence-electron chi connectivity index (χ1n) is 6.03. The predicted molar refractivity (Wildman–Crippen MR) is 69.7 cm³/mol. The van der Waals surface area contributed by atoms with Crippen LogP contribution >= 0.6 is 0 Å². The molecule has 2 aromatic rings. The van der Waals surface area contributed by atoms with Crippen LogP contribution in [0.3, 0.4) is 0 Å². The second-order valence-corrected chi connectivity index (χ2v) is 4.40. The predicted octanol–water partition coefficient (Wildman–Crippen LogP) is 3.52. The molecule has 2 aromatic carbocycles. The van der Waals surface area contributed by atoms with E-state index < -0.39 is 5.82 Å². The summed E-state index contributed by atoms with van der Waals surface area (Å²) >= 11 is 0. The van der Waals surface area contributed by atoms with Crippen molar-refractivity contribution >= 4 is 0 Å². The Kier molecular flexibility index (Phi) is 4.12. The topological polar surface area (TPSA) is 32.3 Å². The van der Waals surface area contributed by atoms with Crippen LogP contribution in [0, 0.1) is 11.6 Å². The van der Waals surface area contributed by atoms with Gasteiger partial charge in [0.1, 0.15) is 17.4 Å². The first-order valence-corrected chi connectivity index (χ1v) is 6.03. The van der Waals surface area contributed by atoms with Gasteiger partial charge in [0.05, 0.1) is 0 Å². The van der Waals surface area contributed by atoms with Gasteiger partial charge < -0.3 is 10.4 Å². The van der Waals surface area contributed by atoms with E-state index in [2.05, 4.69) is 5.32 Å². The Morgan fingerprint density at radius 2 is 1.89 bits per heavy atom. The zero-order valence-electron chi connectivity index (χ0n) is 10.5. The summed E-state index contributed by atoms with van der Waals surface area (Å²) < 4.78 is 26.6. The number of aromatic hydroxyl groups is 1. The molecule has 0 aliphatic heterocycles. The summed E-state index contributed by atoms with van der Waals surface area (Å²) in [5.74, 6) is -0.672. The fourth-order valence-electron chi connectivity index (χ4n) is 1.89. The summed E-state index contributed by atoms with van der Waals surface area (Å²) in [5.41, 5.74) is 0.988. The molecule has 0 radical (unpaired) electrons. The van der Waals surface area contributed by atoms with Gasteiger partial charge in [0.25, 0.3) is 0 Å². The second kappa shape index (κ2) is 5.80. The quantitative estimate of drug-likeness (QED) is 0.884. The molecule has 1 unspecified atom stereocenters. The molecular weight excluding hydrogens is 248 g/mol. The van der Waals surface area contributed by atoms with Crippen LogP contribution in [0.2, 0.25) is 0 Å². The van der Waals surface area contributed by atoms with Gasteiger partial charge in [0.2, 0.25) is 0 Å². The summed E-state index contributed by atoms with van der Waals surface area (Å²) in [7, 11) is 0. The van der Waals surface area contributed by atoms with Crippen molar-refractivity contribution in [2.75, 3.05) is 0 Å². The molecule has 0 saturated heterocycles. The molecule has 0 saturated carbocycles. The molecule has 4 heteroatoms. The van der Waals surface area contributed by atoms with E-state index in [-0.39, 0.29) is 24.2 Å². The molecule has 2 nitrogen and oxygen atoms in total. The third kappa shape index (κ3) is 3.29. The van der Waals surface area contributed by atoms with Gasteiger partial charge in [0, 0.05) is 23.7 Å². The molecule has 100 valence electrons. The van der Waals surface area contributed by atoms with Crippen LogP contribution in [0.1, 0.15) is 24.1 Å². The maximum Gasteiger partial charge on any atom is 0.127 e. The number of phenolic OH excluding ortho intramolecular Hbond substituents is 1. The molecule has 0 aliphatic rings. The number of halogens is 2. The molecule has 0 fully saturated rings. The Morgan fingerprint density at radius 1 is 1.16 bits per heavy atom. The molecule has 1 atom stereocenters. The number of benzene rings is 2. The van der Waals surface area contributed by atoms with Gasteiger partial charge in [0.15, 0.2) is 0 Å². The van der Waals surface area contributed by atoms with Gasteiger partial charge in [-0.1, -0.05) is 18.2 Å². The standard InChI is InChI=1S/C15H15F2NO/c1-10(13-4-2-3-5-14(13)17)18-9-11-8-12(16)6-7-15(11)19/h2-8,10,18-19H,9H2,1H3. The van der Waals surface area contributed by atoms with Gasteiger partial charge in [-0.2, -0.15) is 0 Å². The highest BCUT2D eigenvalue weighted by atomic mass is 19.1. The minimum atomic E-state index is -0.409. The Balaban J connectivity index is 2.06. The monoisotopic (exact) mass is 263 g/mol. The summed E-state index contributed by atoms with van der Waals surface area (Å²) in [5, 5.41) is 12.6. The summed E-state index contributed by atoms with van der Waals surface area (Å²) in [6.07, 6.45) is 0. The lowest BCUT2D eigenvalue weighted by atomic mass is 10.1. The fraction of sp³-hybridized carbons (Fsp3) is 0.200. The van der Waals surface area contributed by atoms with Gasteiger partial charge in [-0.3, -0.25) is 0 Å². The van der Waals surface area contributed by atoms with Crippen molar-refractivity contribution in [3.63, 3.8) is 0 Å². The Labute approximate surface area is 110 Å². The first-order chi connectivity index (χ1) is 9.08. The lowest BCUT2D eigenvalue weighted by Gasteiger charge is -2.15. The van der Waals surface area contributed by atoms with Crippen LogP contribution in [0.25, 0.3) is 0 Å². The SMILES string of the molecule is CC(NCc1cc(F)ccc1O)c1ccccc1F. The van der Waals surface area contributed by atoms with Crippen molar-refractivity contribution in [3.05, 3.63) is 65.2 Å². The Morgan fingerprint density at radius 3 is 2.63 bits per heavy atom. The number of hydrogen-bond donors (Lipinski definition) is 2. The summed E-state index contributed by atoms with van der Waals surface area (Å²) in [6.45, 7) is 2.08. The van der Waals surface area contributed by atoms with Crippen LogP contribution in [0.15, 0.2) is 42.5 Å². The molecule has 19 heavy (non-hydrogen) atoms. The van der Waals surface area contributed by atoms with E-state index in [9.17, 15) is 13.9 Å². The van der Waals surface area contributed by atoms with Crippen LogP contribution in [0.4, 0.5) is 8.78 Å². The highest BCUT2D eigenvalue weighted by Gasteiger charge is 2.10. The molecule has 2 N–H and O–H groups in total. The lowest BCUT2D eigenvalue weighted by molar-refractivity contribution is 0.455. The molecule has 2 rings (SSSR count). The summed E-state index contributed by atoms with van der Waals surface area (Å²) in [4.78, 5) is 0. The van der Waals surface area contributed by atoms with Gasteiger partial charge in [-0.05, 0) is 31.2 Å². The third-order valence-electron chi connectivity index (χ3n) is 3.01. The van der Waals surface area contributed by atoms with Crippen molar-refractivity contribution in [3.8, 4) is 5.75 Å². The number of nitrogens with one attached hydrogen (secondary N) is 1. The van der Waals surface area contributed by atoms with Crippen molar-refractivity contribution in [1.29, 1.82) is 0 Å². The number of rotatable bonds is 4. The summed E-state index contributed by atoms with van der Waals surface area (Å²) in [6, 6.07) is 10.0. The average Bonchev–Trinajstić information content (AvgIpc) is 2.40. The van der Waals surface area contributed by atoms with Crippen LogP contribution in [-0.2, 0) is 6.54 Å². The molecule has 0 aliphatic carbocycles. The van der Waals surface area contributed by atoms with E-state index in [1.807, 2.05) is 6.92 Å². The van der Waals surface area contributed by atoms with E-state index >= 15 is 0 Å². The lowest BCUT2D eigenvalue weighted by Crippen LogP contribution is -2.19. The first kappa shape index (κ1) is 13.5. The normalized spacial score (nSPS) is 12.4. The van der Waals surface area contributed by atoms with Gasteiger partial charge in [-0.25, -0.2) is 8.78 Å². The largest absolute Gasteiger partial charge is 0.508 e. The van der Waals surface area contributed by atoms with Crippen LogP contribution in [-0.4, -0.2) is 5.11 Å². The maximum atomic E-state index is 13.6. The molecule has 0 heterocycles. The van der Waals surface area contributed by atoms with Gasteiger partial charge in [-0.15, -0.1) is 0 Å². The highest BCUT2D eigenvalue weighted by molar-refractivity contribution is 5.32. The van der Waals surface area contributed by atoms with Gasteiger partial charge >= 0.3 is 0 Å². The van der Waals surface area contributed by atoms with Crippen LogP contribution < -0.4 is 5.32 Å². The zero-order chi connectivity index (χ0) is 13.8.